The minimum atomic E-state index is -0.0480. The molecule has 0 saturated heterocycles. The van der Waals surface area contributed by atoms with Crippen LogP contribution >= 0.6 is 0 Å². The van der Waals surface area contributed by atoms with E-state index in [0.717, 1.165) is 5.56 Å². The second-order valence-electron chi connectivity index (χ2n) is 5.00. The molecule has 1 N–H and O–H groups in total. The van der Waals surface area contributed by atoms with Crippen LogP contribution < -0.4 is 0 Å². The number of aliphatic hydroxyl groups excluding tert-OH is 1. The average molecular weight is 289 g/mol. The number of benzene rings is 1. The zero-order valence-corrected chi connectivity index (χ0v) is 12.9. The van der Waals surface area contributed by atoms with E-state index < -0.39 is 0 Å². The largest absolute Gasteiger partial charge is 0.395 e. The van der Waals surface area contributed by atoms with Gasteiger partial charge in [-0.2, -0.15) is 0 Å². The Morgan fingerprint density at radius 3 is 2.86 bits per heavy atom. The second-order valence-corrected chi connectivity index (χ2v) is 5.00. The van der Waals surface area contributed by atoms with Gasteiger partial charge in [0.2, 0.25) is 0 Å². The van der Waals surface area contributed by atoms with Crippen LogP contribution in [0.3, 0.4) is 0 Å². The molecule has 1 aromatic rings. The predicted octanol–water partition coefficient (Wildman–Crippen LogP) is 1.92. The van der Waals surface area contributed by atoms with Gasteiger partial charge in [-0.25, -0.2) is 0 Å². The van der Waals surface area contributed by atoms with Gasteiger partial charge < -0.3 is 14.7 Å². The summed E-state index contributed by atoms with van der Waals surface area (Å²) >= 11 is 0. The smallest absolute Gasteiger partial charge is 0.253 e. The van der Waals surface area contributed by atoms with Crippen LogP contribution in [0.15, 0.2) is 24.3 Å². The number of ether oxygens (including phenoxy) is 1. The quantitative estimate of drug-likeness (QED) is 0.814. The Morgan fingerprint density at radius 2 is 2.19 bits per heavy atom. The van der Waals surface area contributed by atoms with Crippen LogP contribution in [0.2, 0.25) is 0 Å². The highest BCUT2D eigenvalue weighted by Gasteiger charge is 2.11. The Hall–Kier alpha value is -1.83. The first-order valence-corrected chi connectivity index (χ1v) is 7.11. The molecule has 1 rings (SSSR count). The number of hydrogen-bond donors (Lipinski definition) is 1. The minimum absolute atomic E-state index is 0.0458. The summed E-state index contributed by atoms with van der Waals surface area (Å²) in [4.78, 5) is 13.9. The van der Waals surface area contributed by atoms with Crippen molar-refractivity contribution in [3.63, 3.8) is 0 Å². The van der Waals surface area contributed by atoms with E-state index in [1.807, 2.05) is 26.0 Å². The summed E-state index contributed by atoms with van der Waals surface area (Å²) in [7, 11) is 1.76. The maximum atomic E-state index is 12.3. The number of aliphatic hydroxyl groups is 1. The number of nitrogens with zero attached hydrogens (tertiary/aromatic N) is 1. The molecule has 1 aromatic carbocycles. The van der Waals surface area contributed by atoms with Crippen molar-refractivity contribution in [1.29, 1.82) is 0 Å². The lowest BCUT2D eigenvalue weighted by Gasteiger charge is -2.18. The van der Waals surface area contributed by atoms with E-state index in [0.29, 0.717) is 25.1 Å². The zero-order chi connectivity index (χ0) is 15.7. The van der Waals surface area contributed by atoms with E-state index in [1.54, 1.807) is 24.1 Å². The molecule has 0 aliphatic rings. The highest BCUT2D eigenvalue weighted by molar-refractivity contribution is 5.94. The fourth-order valence-corrected chi connectivity index (χ4v) is 1.70. The second kappa shape index (κ2) is 9.17. The van der Waals surface area contributed by atoms with Gasteiger partial charge in [-0.15, -0.1) is 0 Å². The Balaban J connectivity index is 2.65. The third kappa shape index (κ3) is 6.44. The lowest BCUT2D eigenvalue weighted by molar-refractivity contribution is 0.0532. The standard InChI is InChI=1S/C17H23NO3/c1-14(2)21-12-10-18(3)17(20)16-9-6-8-15(13-16)7-4-5-11-19/h6,8-9,13-14,19H,5,10-12H2,1-3H3. The summed E-state index contributed by atoms with van der Waals surface area (Å²) in [5.41, 5.74) is 1.39. The molecule has 0 aliphatic heterocycles. The number of likely N-dealkylation sites (N-methyl/N-ethyl adjacent to an activating group) is 1. The topological polar surface area (TPSA) is 49.8 Å². The summed E-state index contributed by atoms with van der Waals surface area (Å²) in [6.45, 7) is 5.06. The molecule has 0 atom stereocenters. The number of amides is 1. The van der Waals surface area contributed by atoms with Gasteiger partial charge >= 0.3 is 0 Å². The number of carbonyl (C=O) groups excluding carboxylic acids is 1. The molecule has 0 heterocycles. The Kier molecular flexibility index (Phi) is 7.52. The van der Waals surface area contributed by atoms with Gasteiger partial charge in [0.05, 0.1) is 19.3 Å². The third-order valence-electron chi connectivity index (χ3n) is 2.80. The summed E-state index contributed by atoms with van der Waals surface area (Å²) < 4.78 is 5.45. The Morgan fingerprint density at radius 1 is 1.43 bits per heavy atom. The molecule has 4 heteroatoms. The first kappa shape index (κ1) is 17.2. The molecule has 21 heavy (non-hydrogen) atoms. The molecule has 0 spiro atoms. The van der Waals surface area contributed by atoms with E-state index in [9.17, 15) is 4.79 Å². The van der Waals surface area contributed by atoms with Gasteiger partial charge in [0.25, 0.3) is 5.91 Å². The monoisotopic (exact) mass is 289 g/mol. The van der Waals surface area contributed by atoms with Crippen molar-refractivity contribution in [3.05, 3.63) is 35.4 Å². The van der Waals surface area contributed by atoms with Gasteiger partial charge in [0.15, 0.2) is 0 Å². The summed E-state index contributed by atoms with van der Waals surface area (Å²) in [5, 5.41) is 8.71. The maximum absolute atomic E-state index is 12.3. The highest BCUT2D eigenvalue weighted by atomic mass is 16.5. The van der Waals surface area contributed by atoms with Gasteiger partial charge in [-0.05, 0) is 32.0 Å². The van der Waals surface area contributed by atoms with Crippen LogP contribution in [0.25, 0.3) is 0 Å². The van der Waals surface area contributed by atoms with Crippen molar-refractivity contribution in [2.45, 2.75) is 26.4 Å². The molecule has 0 saturated carbocycles. The van der Waals surface area contributed by atoms with Crippen molar-refractivity contribution in [3.8, 4) is 11.8 Å². The van der Waals surface area contributed by atoms with E-state index >= 15 is 0 Å². The molecule has 0 aliphatic carbocycles. The van der Waals surface area contributed by atoms with Crippen LogP contribution in [0.5, 0.6) is 0 Å². The lowest BCUT2D eigenvalue weighted by Crippen LogP contribution is -2.30. The molecular weight excluding hydrogens is 266 g/mol. The van der Waals surface area contributed by atoms with Crippen LogP contribution in [0.4, 0.5) is 0 Å². The first-order valence-electron chi connectivity index (χ1n) is 7.11. The van der Waals surface area contributed by atoms with Gasteiger partial charge in [0, 0.05) is 31.1 Å². The number of carbonyl (C=O) groups is 1. The molecule has 114 valence electrons. The molecule has 0 unspecified atom stereocenters. The van der Waals surface area contributed by atoms with Crippen molar-refractivity contribution in [2.24, 2.45) is 0 Å². The normalized spacial score (nSPS) is 10.1. The van der Waals surface area contributed by atoms with E-state index in [-0.39, 0.29) is 18.6 Å². The van der Waals surface area contributed by atoms with Crippen LogP contribution in [0, 0.1) is 11.8 Å². The van der Waals surface area contributed by atoms with Crippen LogP contribution in [0.1, 0.15) is 36.2 Å². The van der Waals surface area contributed by atoms with Crippen molar-refractivity contribution in [1.82, 2.24) is 4.90 Å². The van der Waals surface area contributed by atoms with Crippen LogP contribution in [-0.4, -0.2) is 48.8 Å². The lowest BCUT2D eigenvalue weighted by atomic mass is 10.1. The zero-order valence-electron chi connectivity index (χ0n) is 12.9. The molecule has 4 nitrogen and oxygen atoms in total. The number of rotatable bonds is 6. The van der Waals surface area contributed by atoms with Crippen molar-refractivity contribution >= 4 is 5.91 Å². The van der Waals surface area contributed by atoms with Crippen molar-refractivity contribution < 1.29 is 14.6 Å². The summed E-state index contributed by atoms with van der Waals surface area (Å²) in [6, 6.07) is 7.21. The molecule has 0 bridgehead atoms. The van der Waals surface area contributed by atoms with Gasteiger partial charge in [0.1, 0.15) is 0 Å². The Bertz CT molecular complexity index is 514. The highest BCUT2D eigenvalue weighted by Crippen LogP contribution is 2.07. The van der Waals surface area contributed by atoms with E-state index in [2.05, 4.69) is 11.8 Å². The van der Waals surface area contributed by atoms with E-state index in [1.165, 1.54) is 0 Å². The molecule has 1 amide bonds. The fraction of sp³-hybridized carbons (Fsp3) is 0.471. The van der Waals surface area contributed by atoms with Crippen LogP contribution in [-0.2, 0) is 4.74 Å². The molecule has 0 fully saturated rings. The SMILES string of the molecule is CC(C)OCCN(C)C(=O)c1cccc(C#CCCO)c1. The van der Waals surface area contributed by atoms with Crippen molar-refractivity contribution in [2.75, 3.05) is 26.8 Å². The minimum Gasteiger partial charge on any atom is -0.395 e. The van der Waals surface area contributed by atoms with Gasteiger partial charge in [-0.3, -0.25) is 4.79 Å². The Labute approximate surface area is 126 Å². The summed E-state index contributed by atoms with van der Waals surface area (Å²) in [6.07, 6.45) is 0.601. The predicted molar refractivity (Wildman–Crippen MR) is 83.1 cm³/mol. The fourth-order valence-electron chi connectivity index (χ4n) is 1.70. The first-order chi connectivity index (χ1) is 10.0. The van der Waals surface area contributed by atoms with E-state index in [4.69, 9.17) is 9.84 Å². The molecular formula is C17H23NO3. The average Bonchev–Trinajstić information content (AvgIpc) is 2.46. The molecule has 0 aromatic heterocycles. The third-order valence-corrected chi connectivity index (χ3v) is 2.80. The maximum Gasteiger partial charge on any atom is 0.253 e. The molecule has 0 radical (unpaired) electrons. The number of hydrogen-bond acceptors (Lipinski definition) is 3. The van der Waals surface area contributed by atoms with Gasteiger partial charge in [-0.1, -0.05) is 17.9 Å². The summed E-state index contributed by atoms with van der Waals surface area (Å²) in [5.74, 6) is 5.73.